The maximum absolute atomic E-state index is 8.23. The Bertz CT molecular complexity index is 2470. The van der Waals surface area contributed by atoms with Gasteiger partial charge in [0.25, 0.3) is 0 Å². The molecule has 6 nitrogen and oxygen atoms in total. The van der Waals surface area contributed by atoms with Crippen molar-refractivity contribution in [2.45, 2.75) is 59.7 Å². The predicted octanol–water partition coefficient (Wildman–Crippen LogP) is 13.7. The molecule has 3 aliphatic rings. The molecule has 8 aromatic rings. The molecule has 0 saturated carbocycles. The highest BCUT2D eigenvalue weighted by molar-refractivity contribution is 6.48. The van der Waals surface area contributed by atoms with E-state index in [4.69, 9.17) is 24.6 Å². The van der Waals surface area contributed by atoms with Crippen LogP contribution >= 0.6 is 0 Å². The highest BCUT2D eigenvalue weighted by Gasteiger charge is 2.72. The van der Waals surface area contributed by atoms with Crippen LogP contribution in [0.3, 0.4) is 0 Å². The van der Waals surface area contributed by atoms with E-state index in [2.05, 4.69) is 230 Å². The lowest BCUT2D eigenvalue weighted by atomic mass is 9.66. The topological polar surface area (TPSA) is 55.4 Å². The zero-order chi connectivity index (χ0) is 48.0. The van der Waals surface area contributed by atoms with E-state index in [0.29, 0.717) is 0 Å². The summed E-state index contributed by atoms with van der Waals surface area (Å²) in [6, 6.07) is 84.3. The Morgan fingerprint density at radius 3 is 0.829 bits per heavy atom. The summed E-state index contributed by atoms with van der Waals surface area (Å²) < 4.78 is 41.8. The molecule has 3 heterocycles. The summed E-state index contributed by atoms with van der Waals surface area (Å²) in [6.45, 7) is 4.00. The Hall–Kier alpha value is -5.42. The van der Waals surface area contributed by atoms with Crippen LogP contribution in [0.1, 0.15) is 70.2 Å². The minimum absolute atomic E-state index is 0.917. The van der Waals surface area contributed by atoms with Crippen LogP contribution in [0.4, 0.5) is 0 Å². The molecule has 352 valence electrons. The second kappa shape index (κ2) is 23.7. The van der Waals surface area contributed by atoms with Crippen molar-refractivity contribution in [3.8, 4) is 0 Å². The molecule has 0 amide bonds. The zero-order valence-corrected chi connectivity index (χ0v) is 42.7. The van der Waals surface area contributed by atoms with Gasteiger partial charge in [0.2, 0.25) is 0 Å². The van der Waals surface area contributed by atoms with Crippen molar-refractivity contribution >= 4 is 29.6 Å². The van der Waals surface area contributed by atoms with Gasteiger partial charge in [-0.15, -0.1) is 0 Å². The molecule has 70 heavy (non-hydrogen) atoms. The Labute approximate surface area is 424 Å². The largest absolute Gasteiger partial charge is 0.908 e. The van der Waals surface area contributed by atoms with Gasteiger partial charge in [-0.1, -0.05) is 254 Å². The van der Waals surface area contributed by atoms with Gasteiger partial charge in [0, 0.05) is 26.4 Å². The Balaban J connectivity index is 0.000000542. The third kappa shape index (κ3) is 9.93. The summed E-state index contributed by atoms with van der Waals surface area (Å²) in [7, 11) is 0. The van der Waals surface area contributed by atoms with Crippen LogP contribution in [0.2, 0.25) is 11.6 Å². The Kier molecular flexibility index (Phi) is 16.8. The van der Waals surface area contributed by atoms with E-state index in [1.807, 2.05) is 24.3 Å². The molecule has 0 aromatic heterocycles. The van der Waals surface area contributed by atoms with E-state index in [9.17, 15) is 0 Å². The van der Waals surface area contributed by atoms with E-state index in [-0.39, 0.29) is 0 Å². The minimum Gasteiger partial charge on any atom is -0.487 e. The van der Waals surface area contributed by atoms with Crippen molar-refractivity contribution in [3.05, 3.63) is 287 Å². The molecule has 3 fully saturated rings. The predicted molar refractivity (Wildman–Crippen MR) is 282 cm³/mol. The lowest BCUT2D eigenvalue weighted by Gasteiger charge is -2.54. The van der Waals surface area contributed by atoms with E-state index < -0.39 is 52.0 Å². The van der Waals surface area contributed by atoms with Crippen LogP contribution in [0.5, 0.6) is 0 Å². The van der Waals surface area contributed by atoms with Crippen LogP contribution in [0.25, 0.3) is 0 Å². The van der Waals surface area contributed by atoms with Crippen molar-refractivity contribution in [3.63, 3.8) is 0 Å². The lowest BCUT2D eigenvalue weighted by molar-refractivity contribution is -0.103. The number of hydrogen-bond donors (Lipinski definition) is 0. The van der Waals surface area contributed by atoms with Crippen LogP contribution < -0.4 is 0 Å². The number of hydrogen-bond acceptors (Lipinski definition) is 6. The molecule has 0 aliphatic carbocycles. The standard InChI is InChI=1S/2C26H20O2.2C4H8O.2CH3.2Al/c2*27-25(21-13-5-1-6-14-21,22-15-7-2-8-16-22)26(28,23-17-9-3-10-18-23)24-19-11-4-12-20-24;2*1-2-4-5-3-1;;;;/h2*1-20H;2*1-4H2;2*1H3;;/q2*-2;;;;;+1;+3. The first-order valence-electron chi connectivity index (χ1n) is 24.9. The molecule has 11 rings (SSSR count). The lowest BCUT2D eigenvalue weighted by Crippen LogP contribution is -2.58. The second-order valence-electron chi connectivity index (χ2n) is 18.1. The fourth-order valence-corrected chi connectivity index (χ4v) is 13.9. The van der Waals surface area contributed by atoms with Gasteiger partial charge in [0.05, 0.1) is 0 Å². The smallest absolute Gasteiger partial charge is 0.487 e. The number of ether oxygens (including phenoxy) is 2. The van der Waals surface area contributed by atoms with E-state index in [1.165, 1.54) is 25.7 Å². The first kappa shape index (κ1) is 49.6. The van der Waals surface area contributed by atoms with Crippen molar-refractivity contribution in [2.24, 2.45) is 0 Å². The van der Waals surface area contributed by atoms with Gasteiger partial charge < -0.3 is 24.6 Å². The molecule has 3 saturated heterocycles. The normalized spacial score (nSPS) is 16.1. The zero-order valence-electron chi connectivity index (χ0n) is 40.4. The van der Waals surface area contributed by atoms with E-state index in [0.717, 1.165) is 70.9 Å². The van der Waals surface area contributed by atoms with Gasteiger partial charge in [-0.05, 0) is 70.2 Å². The van der Waals surface area contributed by atoms with Crippen molar-refractivity contribution in [1.82, 2.24) is 0 Å². The van der Waals surface area contributed by atoms with Crippen molar-refractivity contribution in [1.29, 1.82) is 0 Å². The summed E-state index contributed by atoms with van der Waals surface area (Å²) in [5, 5.41) is 0. The molecule has 3 aliphatic heterocycles. The summed E-state index contributed by atoms with van der Waals surface area (Å²) in [5.74, 6) is 4.46. The van der Waals surface area contributed by atoms with Gasteiger partial charge in [-0.25, -0.2) is 0 Å². The highest BCUT2D eigenvalue weighted by Crippen LogP contribution is 2.62. The van der Waals surface area contributed by atoms with Gasteiger partial charge >= 0.3 is 29.6 Å². The monoisotopic (exact) mass is 956 g/mol. The Morgan fingerprint density at radius 2 is 0.600 bits per heavy atom. The van der Waals surface area contributed by atoms with Crippen molar-refractivity contribution in [2.75, 3.05) is 26.4 Å². The second-order valence-corrected chi connectivity index (χ2v) is 21.7. The Morgan fingerprint density at radius 1 is 0.357 bits per heavy atom. The fourth-order valence-electron chi connectivity index (χ4n) is 10.4. The molecule has 0 bridgehead atoms. The van der Waals surface area contributed by atoms with Gasteiger partial charge in [-0.3, -0.25) is 0 Å². The summed E-state index contributed by atoms with van der Waals surface area (Å²) in [5.41, 5.74) is 2.60. The SMILES string of the molecule is C1CCOC1.C1CCOC1.[CH3][Al]([CH3])[O]C(c1ccccc1)(c1ccccc1)C([O][Al]1[O]C(c2ccccc2)(c2ccccc2)C(c2ccccc2)(c2ccccc2)[O]1)(c1ccccc1)c1ccccc1. The average molecular weight is 957 g/mol. The first-order chi connectivity index (χ1) is 34.5. The first-order valence-corrected chi connectivity index (χ1v) is 29.0. The third-order valence-corrected chi connectivity index (χ3v) is 15.8. The summed E-state index contributed by atoms with van der Waals surface area (Å²) >= 11 is -5.36. The van der Waals surface area contributed by atoms with Gasteiger partial charge in [0.1, 0.15) is 22.4 Å². The van der Waals surface area contributed by atoms with E-state index >= 15 is 0 Å². The minimum atomic E-state index is -3.43. The fraction of sp³-hybridized carbons (Fsp3) is 0.226. The van der Waals surface area contributed by atoms with E-state index in [1.54, 1.807) is 0 Å². The molecular weight excluding hydrogens is 895 g/mol. The van der Waals surface area contributed by atoms with Crippen LogP contribution in [-0.2, 0) is 47.0 Å². The highest BCUT2D eigenvalue weighted by atomic mass is 27.3. The van der Waals surface area contributed by atoms with Gasteiger partial charge in [-0.2, -0.15) is 0 Å². The number of rotatable bonds is 13. The molecular formula is C62H62Al2O6. The van der Waals surface area contributed by atoms with Gasteiger partial charge in [0.15, 0.2) is 0 Å². The maximum atomic E-state index is 8.23. The summed E-state index contributed by atoms with van der Waals surface area (Å²) in [4.78, 5) is 0. The molecule has 8 aromatic carbocycles. The molecule has 0 unspecified atom stereocenters. The van der Waals surface area contributed by atoms with Crippen LogP contribution in [0.15, 0.2) is 243 Å². The third-order valence-electron chi connectivity index (χ3n) is 13.3. The molecule has 0 radical (unpaired) electrons. The summed E-state index contributed by atoms with van der Waals surface area (Å²) in [6.07, 6.45) is 5.11. The maximum Gasteiger partial charge on any atom is 0.908 e. The molecule has 0 spiro atoms. The van der Waals surface area contributed by atoms with Crippen molar-refractivity contribution < 1.29 is 24.6 Å². The van der Waals surface area contributed by atoms with Crippen LogP contribution in [0, 0.1) is 0 Å². The molecule has 8 heteroatoms. The quantitative estimate of drug-likeness (QED) is 0.107. The molecule has 0 atom stereocenters. The molecule has 0 N–H and O–H groups in total. The average Bonchev–Trinajstić information content (AvgIpc) is 4.28. The van der Waals surface area contributed by atoms with Crippen LogP contribution in [-0.4, -0.2) is 56.1 Å². The number of benzene rings is 8.